The Balaban J connectivity index is 2.50. The molecule has 0 radical (unpaired) electrons. The zero-order valence-electron chi connectivity index (χ0n) is 12.8. The quantitative estimate of drug-likeness (QED) is 0.241. The Morgan fingerprint density at radius 3 is 2.52 bits per heavy atom. The molecule has 0 aliphatic rings. The Morgan fingerprint density at radius 2 is 1.96 bits per heavy atom. The van der Waals surface area contributed by atoms with E-state index < -0.39 is 16.5 Å². The number of carbonyl (C=O) groups excluding carboxylic acids is 1. The molecule has 0 amide bonds. The zero-order valence-corrected chi connectivity index (χ0v) is 12.8. The molecule has 2 aromatic rings. The van der Waals surface area contributed by atoms with Crippen LogP contribution in [-0.2, 0) is 0 Å². The molecule has 0 aliphatic carbocycles. The normalized spacial score (nSPS) is 10.6. The number of nitro benzene ring substituents is 1. The molecule has 0 unspecified atom stereocenters. The van der Waals surface area contributed by atoms with Crippen LogP contribution in [0.2, 0.25) is 0 Å². The predicted octanol–water partition coefficient (Wildman–Crippen LogP) is 2.05. The van der Waals surface area contributed by atoms with Crippen LogP contribution in [0.4, 0.5) is 11.4 Å². The summed E-state index contributed by atoms with van der Waals surface area (Å²) in [5.41, 5.74) is 7.51. The monoisotopic (exact) mass is 336 g/mol. The van der Waals surface area contributed by atoms with Gasteiger partial charge in [-0.2, -0.15) is 10.4 Å². The maximum absolute atomic E-state index is 12.6. The molecule has 2 aromatic carbocycles. The smallest absolute Gasteiger partial charge is 0.270 e. The summed E-state index contributed by atoms with van der Waals surface area (Å²) in [7, 11) is 0. The highest BCUT2D eigenvalue weighted by Crippen LogP contribution is 2.25. The molecule has 25 heavy (non-hydrogen) atoms. The van der Waals surface area contributed by atoms with Gasteiger partial charge in [-0.3, -0.25) is 25.7 Å². The molecular formula is C16H12N6O3. The highest BCUT2D eigenvalue weighted by Gasteiger charge is 2.18. The molecule has 0 bridgehead atoms. The Morgan fingerprint density at radius 1 is 1.28 bits per heavy atom. The van der Waals surface area contributed by atoms with Gasteiger partial charge in [0.25, 0.3) is 5.69 Å². The molecule has 0 heterocycles. The maximum Gasteiger partial charge on any atom is 0.270 e. The van der Waals surface area contributed by atoms with E-state index in [1.165, 1.54) is 12.1 Å². The van der Waals surface area contributed by atoms with Crippen LogP contribution in [0.25, 0.3) is 0 Å². The van der Waals surface area contributed by atoms with Gasteiger partial charge in [0.05, 0.1) is 16.2 Å². The van der Waals surface area contributed by atoms with E-state index >= 15 is 0 Å². The molecule has 0 aromatic heterocycles. The number of rotatable bonds is 6. The number of hydrazone groups is 1. The fourth-order valence-corrected chi connectivity index (χ4v) is 1.94. The van der Waals surface area contributed by atoms with Crippen LogP contribution in [0.1, 0.15) is 15.9 Å². The van der Waals surface area contributed by atoms with E-state index in [4.69, 9.17) is 16.4 Å². The molecule has 0 atom stereocenters. The van der Waals surface area contributed by atoms with Crippen molar-refractivity contribution in [3.05, 3.63) is 69.8 Å². The van der Waals surface area contributed by atoms with Crippen LogP contribution >= 0.6 is 0 Å². The number of ketones is 1. The minimum absolute atomic E-state index is 0.00462. The molecule has 124 valence electrons. The van der Waals surface area contributed by atoms with Gasteiger partial charge in [-0.1, -0.05) is 30.3 Å². The molecular weight excluding hydrogens is 324 g/mol. The first-order valence-electron chi connectivity index (χ1n) is 6.90. The van der Waals surface area contributed by atoms with Gasteiger partial charge in [0.2, 0.25) is 5.71 Å². The van der Waals surface area contributed by atoms with Gasteiger partial charge in [0.1, 0.15) is 6.07 Å². The van der Waals surface area contributed by atoms with E-state index in [0.717, 1.165) is 6.07 Å². The molecule has 2 rings (SSSR count). The van der Waals surface area contributed by atoms with Crippen molar-refractivity contribution in [3.8, 4) is 6.07 Å². The summed E-state index contributed by atoms with van der Waals surface area (Å²) in [6.07, 6.45) is 0. The summed E-state index contributed by atoms with van der Waals surface area (Å²) >= 11 is 0. The second-order valence-corrected chi connectivity index (χ2v) is 4.78. The summed E-state index contributed by atoms with van der Waals surface area (Å²) < 4.78 is 0. The zero-order chi connectivity index (χ0) is 18.4. The first-order chi connectivity index (χ1) is 11.9. The van der Waals surface area contributed by atoms with Crippen molar-refractivity contribution in [3.63, 3.8) is 0 Å². The van der Waals surface area contributed by atoms with Crippen molar-refractivity contribution in [2.24, 2.45) is 10.8 Å². The van der Waals surface area contributed by atoms with Crippen LogP contribution in [0.5, 0.6) is 0 Å². The fraction of sp³-hybridized carbons (Fsp3) is 0. The number of nitrogens with one attached hydrogen (secondary N) is 2. The van der Waals surface area contributed by atoms with Gasteiger partial charge in [-0.15, -0.1) is 0 Å². The number of nitrogens with zero attached hydrogens (tertiary/aromatic N) is 3. The lowest BCUT2D eigenvalue weighted by Gasteiger charge is -2.08. The van der Waals surface area contributed by atoms with Gasteiger partial charge < -0.3 is 5.73 Å². The lowest BCUT2D eigenvalue weighted by atomic mass is 10.0. The highest BCUT2D eigenvalue weighted by atomic mass is 16.6. The summed E-state index contributed by atoms with van der Waals surface area (Å²) in [5, 5.41) is 30.7. The molecule has 9 heteroatoms. The number of hydrogen-bond acceptors (Lipinski definition) is 7. The molecule has 0 saturated carbocycles. The van der Waals surface area contributed by atoms with Gasteiger partial charge in [-0.05, 0) is 6.07 Å². The first-order valence-corrected chi connectivity index (χ1v) is 6.90. The van der Waals surface area contributed by atoms with Crippen LogP contribution in [-0.4, -0.2) is 22.3 Å². The molecule has 0 saturated heterocycles. The number of carbonyl (C=O) groups is 1. The maximum atomic E-state index is 12.6. The van der Waals surface area contributed by atoms with Crippen molar-refractivity contribution in [1.82, 2.24) is 0 Å². The summed E-state index contributed by atoms with van der Waals surface area (Å²) in [6.45, 7) is 0. The minimum Gasteiger partial charge on any atom is -0.382 e. The second kappa shape index (κ2) is 7.47. The summed E-state index contributed by atoms with van der Waals surface area (Å²) in [6, 6.07) is 13.5. The fourth-order valence-electron chi connectivity index (χ4n) is 1.94. The summed E-state index contributed by atoms with van der Waals surface area (Å²) in [5.74, 6) is -1.00. The Labute approximate surface area is 142 Å². The number of hydrogen-bond donors (Lipinski definition) is 3. The van der Waals surface area contributed by atoms with Crippen LogP contribution in [0.3, 0.4) is 0 Å². The minimum atomic E-state index is -0.620. The molecule has 0 spiro atoms. The van der Waals surface area contributed by atoms with Gasteiger partial charge >= 0.3 is 0 Å². The number of nitro groups is 1. The van der Waals surface area contributed by atoms with E-state index in [2.05, 4.69) is 10.5 Å². The van der Waals surface area contributed by atoms with E-state index in [0.29, 0.717) is 5.56 Å². The number of benzene rings is 2. The second-order valence-electron chi connectivity index (χ2n) is 4.78. The third kappa shape index (κ3) is 4.02. The van der Waals surface area contributed by atoms with Gasteiger partial charge in [-0.25, -0.2) is 0 Å². The predicted molar refractivity (Wildman–Crippen MR) is 91.6 cm³/mol. The molecule has 0 fully saturated rings. The summed E-state index contributed by atoms with van der Waals surface area (Å²) in [4.78, 5) is 23.0. The SMILES string of the molecule is N#C/C(=N\Nc1ccc([N+](=O)[O-])cc1C(=O)c1ccccc1)C(=N)N. The lowest BCUT2D eigenvalue weighted by Crippen LogP contribution is -2.22. The number of anilines is 1. The Bertz CT molecular complexity index is 915. The van der Waals surface area contributed by atoms with Gasteiger partial charge in [0.15, 0.2) is 11.6 Å². The topological polar surface area (TPSA) is 158 Å². The molecule has 0 aliphatic heterocycles. The lowest BCUT2D eigenvalue weighted by molar-refractivity contribution is -0.384. The van der Waals surface area contributed by atoms with E-state index in [1.54, 1.807) is 36.4 Å². The standard InChI is InChI=1S/C16H12N6O3/c17-9-14(16(18)19)21-20-13-7-6-11(22(24)25)8-12(13)15(23)10-4-2-1-3-5-10/h1-8,20H,(H3,18,19)/b21-14+. The Kier molecular flexibility index (Phi) is 5.17. The van der Waals surface area contributed by atoms with Gasteiger partial charge in [0, 0.05) is 17.7 Å². The molecule has 4 N–H and O–H groups in total. The average Bonchev–Trinajstić information content (AvgIpc) is 2.62. The van der Waals surface area contributed by atoms with Crippen LogP contribution in [0, 0.1) is 26.9 Å². The average molecular weight is 336 g/mol. The number of non-ortho nitro benzene ring substituents is 1. The third-order valence-corrected chi connectivity index (χ3v) is 3.14. The number of nitriles is 1. The largest absolute Gasteiger partial charge is 0.382 e. The van der Waals surface area contributed by atoms with Crippen LogP contribution in [0.15, 0.2) is 53.6 Å². The first kappa shape index (κ1) is 17.3. The molecule has 9 nitrogen and oxygen atoms in total. The number of amidine groups is 1. The van der Waals surface area contributed by atoms with Crippen molar-refractivity contribution in [2.45, 2.75) is 0 Å². The van der Waals surface area contributed by atoms with Crippen molar-refractivity contribution < 1.29 is 9.72 Å². The van der Waals surface area contributed by atoms with Crippen molar-refractivity contribution in [2.75, 3.05) is 5.43 Å². The van der Waals surface area contributed by atoms with Crippen LogP contribution < -0.4 is 11.2 Å². The van der Waals surface area contributed by atoms with Crippen molar-refractivity contribution in [1.29, 1.82) is 10.7 Å². The van der Waals surface area contributed by atoms with E-state index in [-0.39, 0.29) is 22.6 Å². The Hall–Kier alpha value is -4.06. The highest BCUT2D eigenvalue weighted by molar-refractivity contribution is 6.45. The third-order valence-electron chi connectivity index (χ3n) is 3.14. The van der Waals surface area contributed by atoms with Crippen molar-refractivity contribution >= 4 is 28.7 Å². The van der Waals surface area contributed by atoms with E-state index in [9.17, 15) is 14.9 Å². The van der Waals surface area contributed by atoms with E-state index in [1.807, 2.05) is 0 Å². The number of nitrogens with two attached hydrogens (primary N) is 1.